The third kappa shape index (κ3) is 4.94. The van der Waals surface area contributed by atoms with Crippen LogP contribution in [0.4, 0.5) is 0 Å². The molecule has 0 aromatic heterocycles. The standard InChI is InChI=1S/C11H24N2O/c1-3-12-9-11(2)10-13-5-4-7-14-8-6-13/h11-12H,3-10H2,1-2H3. The maximum Gasteiger partial charge on any atom is 0.0593 e. The predicted octanol–water partition coefficient (Wildman–Crippen LogP) is 0.954. The Hall–Kier alpha value is -0.120. The normalized spacial score (nSPS) is 21.9. The van der Waals surface area contributed by atoms with Gasteiger partial charge in [-0.05, 0) is 25.4 Å². The van der Waals surface area contributed by atoms with Crippen LogP contribution in [0.5, 0.6) is 0 Å². The van der Waals surface area contributed by atoms with Crippen molar-refractivity contribution in [1.29, 1.82) is 0 Å². The van der Waals surface area contributed by atoms with Crippen LogP contribution in [0.15, 0.2) is 0 Å². The molecule has 14 heavy (non-hydrogen) atoms. The summed E-state index contributed by atoms with van der Waals surface area (Å²) in [7, 11) is 0. The van der Waals surface area contributed by atoms with E-state index in [1.165, 1.54) is 19.5 Å². The molecular formula is C11H24N2O. The number of nitrogens with zero attached hydrogens (tertiary/aromatic N) is 1. The van der Waals surface area contributed by atoms with E-state index in [0.29, 0.717) is 0 Å². The molecule has 1 N–H and O–H groups in total. The highest BCUT2D eigenvalue weighted by Crippen LogP contribution is 2.03. The molecule has 1 unspecified atom stereocenters. The highest BCUT2D eigenvalue weighted by Gasteiger charge is 2.11. The average molecular weight is 200 g/mol. The van der Waals surface area contributed by atoms with Crippen LogP contribution < -0.4 is 5.32 Å². The minimum absolute atomic E-state index is 0.744. The second-order valence-corrected chi connectivity index (χ2v) is 4.18. The van der Waals surface area contributed by atoms with Gasteiger partial charge in [-0.15, -0.1) is 0 Å². The van der Waals surface area contributed by atoms with Crippen molar-refractivity contribution in [2.75, 3.05) is 45.9 Å². The van der Waals surface area contributed by atoms with Gasteiger partial charge in [0.2, 0.25) is 0 Å². The molecule has 0 spiro atoms. The van der Waals surface area contributed by atoms with Crippen LogP contribution >= 0.6 is 0 Å². The summed E-state index contributed by atoms with van der Waals surface area (Å²) in [4.78, 5) is 2.52. The second kappa shape index (κ2) is 7.21. The number of rotatable bonds is 5. The summed E-state index contributed by atoms with van der Waals surface area (Å²) in [6, 6.07) is 0. The van der Waals surface area contributed by atoms with Crippen LogP contribution in [0.25, 0.3) is 0 Å². The molecule has 0 aromatic rings. The molecule has 1 heterocycles. The van der Waals surface area contributed by atoms with Gasteiger partial charge < -0.3 is 15.0 Å². The van der Waals surface area contributed by atoms with Crippen molar-refractivity contribution in [3.05, 3.63) is 0 Å². The van der Waals surface area contributed by atoms with E-state index >= 15 is 0 Å². The molecule has 1 aliphatic heterocycles. The minimum Gasteiger partial charge on any atom is -0.380 e. The highest BCUT2D eigenvalue weighted by molar-refractivity contribution is 4.66. The molecule has 0 radical (unpaired) electrons. The molecule has 84 valence electrons. The van der Waals surface area contributed by atoms with Gasteiger partial charge in [0.1, 0.15) is 0 Å². The van der Waals surface area contributed by atoms with Gasteiger partial charge in [-0.25, -0.2) is 0 Å². The summed E-state index contributed by atoms with van der Waals surface area (Å²) in [5.41, 5.74) is 0. The lowest BCUT2D eigenvalue weighted by Crippen LogP contribution is -2.34. The zero-order chi connectivity index (χ0) is 10.2. The minimum atomic E-state index is 0.744. The van der Waals surface area contributed by atoms with E-state index in [1.54, 1.807) is 0 Å². The van der Waals surface area contributed by atoms with Crippen LogP contribution in [-0.2, 0) is 4.74 Å². The van der Waals surface area contributed by atoms with E-state index in [0.717, 1.165) is 38.8 Å². The first-order chi connectivity index (χ1) is 6.83. The third-order valence-electron chi connectivity index (χ3n) is 2.63. The molecule has 3 heteroatoms. The maximum absolute atomic E-state index is 5.43. The number of ether oxygens (including phenoxy) is 1. The third-order valence-corrected chi connectivity index (χ3v) is 2.63. The van der Waals surface area contributed by atoms with Crippen molar-refractivity contribution in [3.8, 4) is 0 Å². The van der Waals surface area contributed by atoms with E-state index in [2.05, 4.69) is 24.1 Å². The SMILES string of the molecule is CCNCC(C)CN1CCCOCC1. The Morgan fingerprint density at radius 1 is 1.36 bits per heavy atom. The van der Waals surface area contributed by atoms with Crippen LogP contribution in [-0.4, -0.2) is 50.8 Å². The first-order valence-electron chi connectivity index (χ1n) is 5.83. The molecule has 0 aliphatic carbocycles. The Morgan fingerprint density at radius 2 is 2.21 bits per heavy atom. The maximum atomic E-state index is 5.43. The zero-order valence-electron chi connectivity index (χ0n) is 9.59. The smallest absolute Gasteiger partial charge is 0.0593 e. The van der Waals surface area contributed by atoms with Gasteiger partial charge in [-0.2, -0.15) is 0 Å². The Morgan fingerprint density at radius 3 is 3.00 bits per heavy atom. The Balaban J connectivity index is 2.13. The fourth-order valence-corrected chi connectivity index (χ4v) is 1.88. The largest absolute Gasteiger partial charge is 0.380 e. The van der Waals surface area contributed by atoms with Crippen LogP contribution in [0.1, 0.15) is 20.3 Å². The van der Waals surface area contributed by atoms with Gasteiger partial charge in [0.25, 0.3) is 0 Å². The van der Waals surface area contributed by atoms with Crippen molar-refractivity contribution >= 4 is 0 Å². The first-order valence-corrected chi connectivity index (χ1v) is 5.83. The molecule has 1 rings (SSSR count). The summed E-state index contributed by atoms with van der Waals surface area (Å²) in [6.45, 7) is 12.1. The van der Waals surface area contributed by atoms with Crippen LogP contribution in [0.3, 0.4) is 0 Å². The molecule has 0 saturated carbocycles. The fourth-order valence-electron chi connectivity index (χ4n) is 1.88. The van der Waals surface area contributed by atoms with Gasteiger partial charge in [-0.1, -0.05) is 13.8 Å². The fraction of sp³-hybridized carbons (Fsp3) is 1.00. The molecule has 1 saturated heterocycles. The van der Waals surface area contributed by atoms with E-state index in [-0.39, 0.29) is 0 Å². The van der Waals surface area contributed by atoms with Crippen molar-refractivity contribution in [1.82, 2.24) is 10.2 Å². The van der Waals surface area contributed by atoms with Gasteiger partial charge in [-0.3, -0.25) is 0 Å². The van der Waals surface area contributed by atoms with E-state index in [1.807, 2.05) is 0 Å². The molecule has 0 aromatic carbocycles. The lowest BCUT2D eigenvalue weighted by molar-refractivity contribution is 0.138. The van der Waals surface area contributed by atoms with Gasteiger partial charge >= 0.3 is 0 Å². The van der Waals surface area contributed by atoms with Crippen molar-refractivity contribution in [2.45, 2.75) is 20.3 Å². The zero-order valence-corrected chi connectivity index (χ0v) is 9.59. The van der Waals surface area contributed by atoms with Crippen molar-refractivity contribution < 1.29 is 4.74 Å². The predicted molar refractivity (Wildman–Crippen MR) is 59.6 cm³/mol. The Bertz CT molecular complexity index is 133. The summed E-state index contributed by atoms with van der Waals surface area (Å²) in [5, 5.41) is 3.40. The van der Waals surface area contributed by atoms with Crippen LogP contribution in [0.2, 0.25) is 0 Å². The lowest BCUT2D eigenvalue weighted by Gasteiger charge is -2.23. The summed E-state index contributed by atoms with van der Waals surface area (Å²) >= 11 is 0. The quantitative estimate of drug-likeness (QED) is 0.715. The summed E-state index contributed by atoms with van der Waals surface area (Å²) in [6.07, 6.45) is 1.19. The van der Waals surface area contributed by atoms with E-state index in [9.17, 15) is 0 Å². The van der Waals surface area contributed by atoms with Crippen LogP contribution in [0, 0.1) is 5.92 Å². The molecule has 1 fully saturated rings. The van der Waals surface area contributed by atoms with Gasteiger partial charge in [0.05, 0.1) is 6.61 Å². The average Bonchev–Trinajstić information content (AvgIpc) is 2.43. The molecule has 1 aliphatic rings. The van der Waals surface area contributed by atoms with Gasteiger partial charge in [0, 0.05) is 26.2 Å². The number of nitrogens with one attached hydrogen (secondary N) is 1. The first kappa shape index (κ1) is 12.0. The monoisotopic (exact) mass is 200 g/mol. The Kier molecular flexibility index (Phi) is 6.15. The molecule has 1 atom stereocenters. The second-order valence-electron chi connectivity index (χ2n) is 4.18. The topological polar surface area (TPSA) is 24.5 Å². The van der Waals surface area contributed by atoms with E-state index < -0.39 is 0 Å². The lowest BCUT2D eigenvalue weighted by atomic mass is 10.1. The van der Waals surface area contributed by atoms with Crippen molar-refractivity contribution in [3.63, 3.8) is 0 Å². The molecular weight excluding hydrogens is 176 g/mol. The highest BCUT2D eigenvalue weighted by atomic mass is 16.5. The summed E-state index contributed by atoms with van der Waals surface area (Å²) < 4.78 is 5.43. The Labute approximate surface area is 87.8 Å². The van der Waals surface area contributed by atoms with E-state index in [4.69, 9.17) is 4.74 Å². The molecule has 0 bridgehead atoms. The summed E-state index contributed by atoms with van der Waals surface area (Å²) in [5.74, 6) is 0.744. The molecule has 0 amide bonds. The number of hydrogen-bond donors (Lipinski definition) is 1. The number of hydrogen-bond acceptors (Lipinski definition) is 3. The van der Waals surface area contributed by atoms with Crippen molar-refractivity contribution in [2.24, 2.45) is 5.92 Å². The molecule has 3 nitrogen and oxygen atoms in total. The van der Waals surface area contributed by atoms with Gasteiger partial charge in [0.15, 0.2) is 0 Å².